The van der Waals surface area contributed by atoms with Crippen molar-refractivity contribution in [1.82, 2.24) is 4.90 Å². The van der Waals surface area contributed by atoms with Crippen LogP contribution in [0.15, 0.2) is 48.5 Å². The number of rotatable bonds is 10. The van der Waals surface area contributed by atoms with Gasteiger partial charge in [0, 0.05) is 19.2 Å². The summed E-state index contributed by atoms with van der Waals surface area (Å²) in [7, 11) is 0. The lowest BCUT2D eigenvalue weighted by atomic mass is 10.1. The van der Waals surface area contributed by atoms with Crippen LogP contribution in [0.2, 0.25) is 0 Å². The minimum atomic E-state index is -0.0527. The van der Waals surface area contributed by atoms with Gasteiger partial charge in [0.2, 0.25) is 5.91 Å². The van der Waals surface area contributed by atoms with Crippen molar-refractivity contribution in [1.29, 1.82) is 5.26 Å². The van der Waals surface area contributed by atoms with Crippen LogP contribution in [0.3, 0.4) is 0 Å². The van der Waals surface area contributed by atoms with Crippen molar-refractivity contribution in [3.05, 3.63) is 65.2 Å². The Morgan fingerprint density at radius 2 is 1.72 bits per heavy atom. The second-order valence-electron chi connectivity index (χ2n) is 6.47. The highest BCUT2D eigenvalue weighted by Crippen LogP contribution is 2.29. The standard InChI is InChI=1S/C24H28N2O3/c1-4-15-26(18-21-9-7-20(17-25)8-10-21)24(27)14-12-19-11-13-22(28-5-2)23(16-19)29-6-3/h7-14,16H,4-6,15,18H2,1-3H3/b14-12+. The van der Waals surface area contributed by atoms with Gasteiger partial charge in [0.1, 0.15) is 0 Å². The Morgan fingerprint density at radius 1 is 1.03 bits per heavy atom. The number of nitrogens with zero attached hydrogens (tertiary/aromatic N) is 2. The molecule has 0 unspecified atom stereocenters. The van der Waals surface area contributed by atoms with Crippen LogP contribution < -0.4 is 9.47 Å². The van der Waals surface area contributed by atoms with Gasteiger partial charge < -0.3 is 14.4 Å². The SMILES string of the molecule is CCCN(Cc1ccc(C#N)cc1)C(=O)/C=C/c1ccc(OCC)c(OCC)c1. The van der Waals surface area contributed by atoms with Crippen molar-refractivity contribution in [2.75, 3.05) is 19.8 Å². The van der Waals surface area contributed by atoms with Crippen LogP contribution in [-0.2, 0) is 11.3 Å². The van der Waals surface area contributed by atoms with Gasteiger partial charge >= 0.3 is 0 Å². The number of benzene rings is 2. The van der Waals surface area contributed by atoms with Crippen LogP contribution >= 0.6 is 0 Å². The fourth-order valence-electron chi connectivity index (χ4n) is 2.89. The summed E-state index contributed by atoms with van der Waals surface area (Å²) in [5, 5.41) is 8.92. The highest BCUT2D eigenvalue weighted by Gasteiger charge is 2.11. The molecule has 5 heteroatoms. The molecule has 0 radical (unpaired) electrons. The molecule has 0 saturated heterocycles. The van der Waals surface area contributed by atoms with Crippen LogP contribution in [0.5, 0.6) is 11.5 Å². The first kappa shape index (κ1) is 22.0. The predicted octanol–water partition coefficient (Wildman–Crippen LogP) is 4.81. The van der Waals surface area contributed by atoms with Gasteiger partial charge in [-0.25, -0.2) is 0 Å². The van der Waals surface area contributed by atoms with Crippen molar-refractivity contribution < 1.29 is 14.3 Å². The number of hydrogen-bond donors (Lipinski definition) is 0. The maximum absolute atomic E-state index is 12.7. The summed E-state index contributed by atoms with van der Waals surface area (Å²) < 4.78 is 11.2. The molecule has 0 N–H and O–H groups in total. The Labute approximate surface area is 173 Å². The van der Waals surface area contributed by atoms with Gasteiger partial charge in [0.15, 0.2) is 11.5 Å². The van der Waals surface area contributed by atoms with Gasteiger partial charge in [0.25, 0.3) is 0 Å². The van der Waals surface area contributed by atoms with E-state index in [1.165, 1.54) is 0 Å². The average Bonchev–Trinajstić information content (AvgIpc) is 2.74. The molecule has 5 nitrogen and oxygen atoms in total. The van der Waals surface area contributed by atoms with Gasteiger partial charge in [-0.15, -0.1) is 0 Å². The van der Waals surface area contributed by atoms with E-state index in [4.69, 9.17) is 14.7 Å². The molecule has 0 spiro atoms. The van der Waals surface area contributed by atoms with Crippen molar-refractivity contribution in [3.63, 3.8) is 0 Å². The lowest BCUT2D eigenvalue weighted by Crippen LogP contribution is -2.29. The topological polar surface area (TPSA) is 62.6 Å². The number of carbonyl (C=O) groups excluding carboxylic acids is 1. The van der Waals surface area contributed by atoms with E-state index >= 15 is 0 Å². The number of amides is 1. The monoisotopic (exact) mass is 392 g/mol. The summed E-state index contributed by atoms with van der Waals surface area (Å²) in [6.45, 7) is 8.18. The molecule has 2 rings (SSSR count). The zero-order chi connectivity index (χ0) is 21.1. The first-order valence-corrected chi connectivity index (χ1v) is 9.96. The Hall–Kier alpha value is -3.26. The number of nitriles is 1. The molecule has 2 aromatic carbocycles. The Balaban J connectivity index is 2.12. The molecule has 0 aliphatic carbocycles. The minimum absolute atomic E-state index is 0.0527. The first-order chi connectivity index (χ1) is 14.1. The smallest absolute Gasteiger partial charge is 0.246 e. The zero-order valence-corrected chi connectivity index (χ0v) is 17.4. The summed E-state index contributed by atoms with van der Waals surface area (Å²) in [5.74, 6) is 1.32. The molecular weight excluding hydrogens is 364 g/mol. The van der Waals surface area contributed by atoms with E-state index in [0.29, 0.717) is 43.4 Å². The lowest BCUT2D eigenvalue weighted by Gasteiger charge is -2.20. The third-order valence-electron chi connectivity index (χ3n) is 4.25. The Morgan fingerprint density at radius 3 is 2.34 bits per heavy atom. The Kier molecular flexibility index (Phi) is 8.78. The fourth-order valence-corrected chi connectivity index (χ4v) is 2.89. The lowest BCUT2D eigenvalue weighted by molar-refractivity contribution is -0.126. The van der Waals surface area contributed by atoms with Gasteiger partial charge in [-0.1, -0.05) is 25.1 Å². The molecule has 0 aromatic heterocycles. The van der Waals surface area contributed by atoms with E-state index in [9.17, 15) is 4.79 Å². The van der Waals surface area contributed by atoms with Crippen LogP contribution in [0.25, 0.3) is 6.08 Å². The number of carbonyl (C=O) groups is 1. The fraction of sp³-hybridized carbons (Fsp3) is 0.333. The quantitative estimate of drug-likeness (QED) is 0.545. The normalized spacial score (nSPS) is 10.6. The number of hydrogen-bond acceptors (Lipinski definition) is 4. The van der Waals surface area contributed by atoms with Crippen LogP contribution in [0, 0.1) is 11.3 Å². The highest BCUT2D eigenvalue weighted by molar-refractivity contribution is 5.91. The summed E-state index contributed by atoms with van der Waals surface area (Å²) in [6.07, 6.45) is 4.25. The third-order valence-corrected chi connectivity index (χ3v) is 4.25. The van der Waals surface area contributed by atoms with Crippen molar-refractivity contribution in [3.8, 4) is 17.6 Å². The van der Waals surface area contributed by atoms with E-state index in [0.717, 1.165) is 17.5 Å². The van der Waals surface area contributed by atoms with E-state index in [2.05, 4.69) is 6.07 Å². The van der Waals surface area contributed by atoms with Gasteiger partial charge in [-0.05, 0) is 61.7 Å². The predicted molar refractivity (Wildman–Crippen MR) is 115 cm³/mol. The molecule has 0 aliphatic heterocycles. The average molecular weight is 392 g/mol. The molecule has 29 heavy (non-hydrogen) atoms. The summed E-state index contributed by atoms with van der Waals surface area (Å²) >= 11 is 0. The molecule has 0 aliphatic rings. The van der Waals surface area contributed by atoms with Crippen molar-refractivity contribution >= 4 is 12.0 Å². The van der Waals surface area contributed by atoms with Gasteiger partial charge in [0.05, 0.1) is 24.8 Å². The molecule has 0 atom stereocenters. The summed E-state index contributed by atoms with van der Waals surface area (Å²) in [6, 6.07) is 15.1. The van der Waals surface area contributed by atoms with E-state index in [1.54, 1.807) is 29.2 Å². The van der Waals surface area contributed by atoms with E-state index < -0.39 is 0 Å². The Bertz CT molecular complexity index is 867. The number of ether oxygens (including phenoxy) is 2. The van der Waals surface area contributed by atoms with Gasteiger partial charge in [-0.3, -0.25) is 4.79 Å². The van der Waals surface area contributed by atoms with Crippen LogP contribution in [-0.4, -0.2) is 30.6 Å². The van der Waals surface area contributed by atoms with Crippen LogP contribution in [0.1, 0.15) is 43.9 Å². The van der Waals surface area contributed by atoms with Crippen LogP contribution in [0.4, 0.5) is 0 Å². The molecule has 0 bridgehead atoms. The maximum Gasteiger partial charge on any atom is 0.246 e. The second-order valence-corrected chi connectivity index (χ2v) is 6.47. The zero-order valence-electron chi connectivity index (χ0n) is 17.4. The summed E-state index contributed by atoms with van der Waals surface area (Å²) in [4.78, 5) is 14.5. The molecule has 0 saturated carbocycles. The third kappa shape index (κ3) is 6.69. The van der Waals surface area contributed by atoms with Crippen molar-refractivity contribution in [2.45, 2.75) is 33.7 Å². The first-order valence-electron chi connectivity index (χ1n) is 9.96. The molecule has 152 valence electrons. The van der Waals surface area contributed by atoms with E-state index in [-0.39, 0.29) is 5.91 Å². The largest absolute Gasteiger partial charge is 0.490 e. The summed E-state index contributed by atoms with van der Waals surface area (Å²) in [5.41, 5.74) is 2.49. The maximum atomic E-state index is 12.7. The second kappa shape index (κ2) is 11.6. The minimum Gasteiger partial charge on any atom is -0.490 e. The molecule has 2 aromatic rings. The molecular formula is C24H28N2O3. The molecule has 0 fully saturated rings. The van der Waals surface area contributed by atoms with E-state index in [1.807, 2.05) is 51.1 Å². The van der Waals surface area contributed by atoms with Gasteiger partial charge in [-0.2, -0.15) is 5.26 Å². The highest BCUT2D eigenvalue weighted by atomic mass is 16.5. The van der Waals surface area contributed by atoms with Crippen molar-refractivity contribution in [2.24, 2.45) is 0 Å². The molecule has 0 heterocycles. The molecule has 1 amide bonds.